The molecule has 3 aromatic rings. The molecule has 4 atom stereocenters. The molecule has 0 radical (unpaired) electrons. The molecule has 0 bridgehead atoms. The summed E-state index contributed by atoms with van der Waals surface area (Å²) in [4.78, 5) is 37.6. The van der Waals surface area contributed by atoms with Crippen LogP contribution in [0.5, 0.6) is 11.5 Å². The summed E-state index contributed by atoms with van der Waals surface area (Å²) in [7, 11) is 3.06. The number of carbonyl (C=O) groups is 1. The van der Waals surface area contributed by atoms with Gasteiger partial charge in [0.05, 0.1) is 20.1 Å². The number of aliphatic hydroxyl groups is 1. The predicted molar refractivity (Wildman–Crippen MR) is 142 cm³/mol. The minimum atomic E-state index is -5.27. The fraction of sp³-hybridized carbons (Fsp3) is 0.321. The summed E-state index contributed by atoms with van der Waals surface area (Å²) in [6.45, 7) is 3.64. The Kier molecular flexibility index (Phi) is 9.07. The van der Waals surface area contributed by atoms with Crippen molar-refractivity contribution in [2.75, 3.05) is 20.8 Å². The van der Waals surface area contributed by atoms with Gasteiger partial charge in [-0.25, -0.2) is 4.79 Å². The maximum absolute atomic E-state index is 13.0. The normalized spacial score (nSPS) is 20.3. The van der Waals surface area contributed by atoms with Crippen molar-refractivity contribution in [2.45, 2.75) is 36.6 Å². The number of halogens is 3. The van der Waals surface area contributed by atoms with Crippen molar-refractivity contribution in [3.05, 3.63) is 105 Å². The maximum atomic E-state index is 13.0. The molecule has 3 N–H and O–H groups in total. The number of aromatic nitrogens is 2. The molecule has 1 amide bonds. The lowest BCUT2D eigenvalue weighted by Gasteiger charge is -2.24. The molecule has 0 spiro atoms. The number of ether oxygens (including phenoxy) is 4. The number of methoxy groups -OCH3 is 2. The van der Waals surface area contributed by atoms with Gasteiger partial charge >= 0.3 is 17.8 Å². The van der Waals surface area contributed by atoms with Gasteiger partial charge in [0.1, 0.15) is 42.1 Å². The second-order valence-corrected chi connectivity index (χ2v) is 9.33. The molecule has 42 heavy (non-hydrogen) atoms. The van der Waals surface area contributed by atoms with Crippen LogP contribution in [0.1, 0.15) is 23.3 Å². The number of hydrogen-bond acceptors (Lipinski definition) is 8. The van der Waals surface area contributed by atoms with Gasteiger partial charge < -0.3 is 29.4 Å². The Labute approximate surface area is 237 Å². The highest BCUT2D eigenvalue weighted by Crippen LogP contribution is 2.35. The van der Waals surface area contributed by atoms with Crippen molar-refractivity contribution in [2.24, 2.45) is 0 Å². The van der Waals surface area contributed by atoms with Crippen LogP contribution < -0.4 is 26.0 Å². The van der Waals surface area contributed by atoms with Gasteiger partial charge in [0.15, 0.2) is 6.23 Å². The lowest BCUT2D eigenvalue weighted by Crippen LogP contribution is -2.52. The molecule has 14 heteroatoms. The van der Waals surface area contributed by atoms with Crippen molar-refractivity contribution in [3.63, 3.8) is 0 Å². The first-order valence-electron chi connectivity index (χ1n) is 12.5. The SMILES string of the molecule is C=C(OC[C@@H]1O[C@H](n2ccc(=O)[nH]c2=O)C(NC(=O)C(F)(F)F)C1O)C(c1ccc(OC)cc1)c1ccc(OC)cc1. The highest BCUT2D eigenvalue weighted by atomic mass is 19.4. The second-order valence-electron chi connectivity index (χ2n) is 9.33. The van der Waals surface area contributed by atoms with E-state index in [1.165, 1.54) is 14.2 Å². The molecule has 1 fully saturated rings. The van der Waals surface area contributed by atoms with Crippen LogP contribution in [0.3, 0.4) is 0 Å². The Balaban J connectivity index is 1.59. The zero-order valence-electron chi connectivity index (χ0n) is 22.5. The monoisotopic (exact) mass is 591 g/mol. The first-order chi connectivity index (χ1) is 19.9. The number of benzene rings is 2. The van der Waals surface area contributed by atoms with Gasteiger partial charge in [0, 0.05) is 12.3 Å². The quantitative estimate of drug-likeness (QED) is 0.305. The van der Waals surface area contributed by atoms with E-state index in [1.807, 2.05) is 29.2 Å². The molecule has 11 nitrogen and oxygen atoms in total. The number of rotatable bonds is 10. The summed E-state index contributed by atoms with van der Waals surface area (Å²) in [5.74, 6) is -1.42. The van der Waals surface area contributed by atoms with Gasteiger partial charge in [-0.15, -0.1) is 0 Å². The molecule has 2 heterocycles. The van der Waals surface area contributed by atoms with E-state index < -0.39 is 60.3 Å². The van der Waals surface area contributed by atoms with E-state index in [1.54, 1.807) is 29.6 Å². The lowest BCUT2D eigenvalue weighted by molar-refractivity contribution is -0.175. The van der Waals surface area contributed by atoms with Crippen LogP contribution >= 0.6 is 0 Å². The van der Waals surface area contributed by atoms with Gasteiger partial charge in [-0.05, 0) is 35.4 Å². The standard InChI is InChI=1S/C28H28F3N3O8/c1-15(22(16-4-8-18(39-2)9-5-16)17-6-10-19(40-3)11-7-17)41-14-20-24(36)23(33-26(37)28(29,30)31)25(42-20)34-13-12-21(35)32-27(34)38/h4-13,20,22-25,36H,1,14H2,2-3H3,(H,33,37)(H,32,35,38)/t20-,23?,24?,25-/m0/s1. The minimum absolute atomic E-state index is 0.210. The molecule has 0 saturated carbocycles. The summed E-state index contributed by atoms with van der Waals surface area (Å²) in [5, 5.41) is 12.6. The number of aromatic amines is 1. The first-order valence-corrected chi connectivity index (χ1v) is 12.5. The fourth-order valence-electron chi connectivity index (χ4n) is 4.57. The Hall–Kier alpha value is -4.56. The van der Waals surface area contributed by atoms with Crippen molar-refractivity contribution in [3.8, 4) is 11.5 Å². The smallest absolute Gasteiger partial charge is 0.471 e. The fourth-order valence-corrected chi connectivity index (χ4v) is 4.57. The molecule has 2 aromatic carbocycles. The van der Waals surface area contributed by atoms with E-state index >= 15 is 0 Å². The summed E-state index contributed by atoms with van der Waals surface area (Å²) in [6, 6.07) is 13.5. The topological polar surface area (TPSA) is 141 Å². The average molecular weight is 592 g/mol. The minimum Gasteiger partial charge on any atom is -0.497 e. The molecule has 4 rings (SSSR count). The number of allylic oxidation sites excluding steroid dienone is 1. The Morgan fingerprint density at radius 1 is 1.05 bits per heavy atom. The summed E-state index contributed by atoms with van der Waals surface area (Å²) in [5.41, 5.74) is -0.236. The molecule has 1 aliphatic rings. The van der Waals surface area contributed by atoms with Gasteiger partial charge in [0.25, 0.3) is 5.56 Å². The summed E-state index contributed by atoms with van der Waals surface area (Å²) >= 11 is 0. The van der Waals surface area contributed by atoms with E-state index in [9.17, 15) is 32.7 Å². The number of carbonyl (C=O) groups excluding carboxylic acids is 1. The number of H-pyrrole nitrogens is 1. The van der Waals surface area contributed by atoms with Crippen molar-refractivity contribution >= 4 is 5.91 Å². The van der Waals surface area contributed by atoms with Gasteiger partial charge in [-0.2, -0.15) is 13.2 Å². The van der Waals surface area contributed by atoms with Gasteiger partial charge in [-0.1, -0.05) is 30.8 Å². The highest BCUT2D eigenvalue weighted by molar-refractivity contribution is 5.82. The number of nitrogens with one attached hydrogen (secondary N) is 2. The van der Waals surface area contributed by atoms with E-state index in [4.69, 9.17) is 18.9 Å². The van der Waals surface area contributed by atoms with Crippen LogP contribution in [-0.4, -0.2) is 65.8 Å². The molecule has 2 unspecified atom stereocenters. The zero-order valence-corrected chi connectivity index (χ0v) is 22.5. The Morgan fingerprint density at radius 2 is 1.60 bits per heavy atom. The van der Waals surface area contributed by atoms with Crippen LogP contribution in [0.25, 0.3) is 0 Å². The van der Waals surface area contributed by atoms with Crippen molar-refractivity contribution < 1.29 is 42.0 Å². The zero-order chi connectivity index (χ0) is 30.6. The highest BCUT2D eigenvalue weighted by Gasteiger charge is 2.50. The van der Waals surface area contributed by atoms with Crippen LogP contribution in [0, 0.1) is 0 Å². The van der Waals surface area contributed by atoms with Crippen molar-refractivity contribution in [1.82, 2.24) is 14.9 Å². The summed E-state index contributed by atoms with van der Waals surface area (Å²) < 4.78 is 62.0. The number of alkyl halides is 3. The van der Waals surface area contributed by atoms with E-state index in [0.29, 0.717) is 11.5 Å². The van der Waals surface area contributed by atoms with Gasteiger partial charge in [0.2, 0.25) is 0 Å². The molecule has 1 aromatic heterocycles. The lowest BCUT2D eigenvalue weighted by atomic mass is 9.89. The third-order valence-electron chi connectivity index (χ3n) is 6.70. The van der Waals surface area contributed by atoms with E-state index in [2.05, 4.69) is 6.58 Å². The summed E-state index contributed by atoms with van der Waals surface area (Å²) in [6.07, 6.45) is -8.94. The molecule has 224 valence electrons. The Bertz CT molecular complexity index is 1470. The average Bonchev–Trinajstić information content (AvgIpc) is 3.26. The molecule has 1 aliphatic heterocycles. The third kappa shape index (κ3) is 6.66. The first kappa shape index (κ1) is 30.4. The van der Waals surface area contributed by atoms with Crippen LogP contribution in [0.4, 0.5) is 13.2 Å². The largest absolute Gasteiger partial charge is 0.497 e. The second kappa shape index (κ2) is 12.5. The van der Waals surface area contributed by atoms with Crippen LogP contribution in [0.2, 0.25) is 0 Å². The van der Waals surface area contributed by atoms with Crippen molar-refractivity contribution in [1.29, 1.82) is 0 Å². The van der Waals surface area contributed by atoms with Crippen LogP contribution in [-0.2, 0) is 14.3 Å². The Morgan fingerprint density at radius 3 is 2.07 bits per heavy atom. The third-order valence-corrected chi connectivity index (χ3v) is 6.70. The predicted octanol–water partition coefficient (Wildman–Crippen LogP) is 2.22. The van der Waals surface area contributed by atoms with E-state index in [-0.39, 0.29) is 5.76 Å². The molecule has 1 saturated heterocycles. The molecule has 0 aliphatic carbocycles. The van der Waals surface area contributed by atoms with E-state index in [0.717, 1.165) is 28.0 Å². The molecular weight excluding hydrogens is 563 g/mol. The number of amides is 1. The number of hydrogen-bond donors (Lipinski definition) is 3. The number of nitrogens with zero attached hydrogens (tertiary/aromatic N) is 1. The number of aliphatic hydroxyl groups excluding tert-OH is 1. The maximum Gasteiger partial charge on any atom is 0.471 e. The van der Waals surface area contributed by atoms with Gasteiger partial charge in [-0.3, -0.25) is 19.1 Å². The van der Waals surface area contributed by atoms with Crippen LogP contribution in [0.15, 0.2) is 82.7 Å². The molecular formula is C28H28F3N3O8.